The summed E-state index contributed by atoms with van der Waals surface area (Å²) in [7, 11) is 0. The van der Waals surface area contributed by atoms with Crippen LogP contribution in [0, 0.1) is 5.92 Å². The highest BCUT2D eigenvalue weighted by molar-refractivity contribution is 4.78. The predicted molar refractivity (Wildman–Crippen MR) is 59.6 cm³/mol. The lowest BCUT2D eigenvalue weighted by molar-refractivity contribution is 0.00571. The van der Waals surface area contributed by atoms with Crippen LogP contribution < -0.4 is 5.73 Å². The van der Waals surface area contributed by atoms with Crippen molar-refractivity contribution < 1.29 is 13.5 Å². The van der Waals surface area contributed by atoms with Gasteiger partial charge in [-0.1, -0.05) is 0 Å². The molecule has 0 aliphatic carbocycles. The van der Waals surface area contributed by atoms with E-state index in [1.807, 2.05) is 6.92 Å². The number of piperidine rings is 1. The van der Waals surface area contributed by atoms with Gasteiger partial charge in [0.2, 0.25) is 0 Å². The Bertz CT molecular complexity index is 191. The van der Waals surface area contributed by atoms with Crippen LogP contribution in [0.3, 0.4) is 0 Å². The number of likely N-dealkylation sites (tertiary alicyclic amines) is 1. The normalized spacial score (nSPS) is 24.9. The lowest BCUT2D eigenvalue weighted by Gasteiger charge is -2.34. The van der Waals surface area contributed by atoms with E-state index in [0.717, 1.165) is 26.1 Å². The van der Waals surface area contributed by atoms with E-state index in [0.29, 0.717) is 12.5 Å². The van der Waals surface area contributed by atoms with E-state index < -0.39 is 13.0 Å². The van der Waals surface area contributed by atoms with Crippen molar-refractivity contribution in [1.29, 1.82) is 0 Å². The summed E-state index contributed by atoms with van der Waals surface area (Å²) in [4.78, 5) is 2.25. The first-order valence-corrected chi connectivity index (χ1v) is 5.93. The van der Waals surface area contributed by atoms with E-state index in [9.17, 15) is 8.78 Å². The van der Waals surface area contributed by atoms with Crippen molar-refractivity contribution in [2.24, 2.45) is 11.7 Å². The molecule has 0 spiro atoms. The average molecular weight is 236 g/mol. The number of nitrogens with two attached hydrogens (primary N) is 1. The maximum Gasteiger partial charge on any atom is 0.261 e. The molecule has 16 heavy (non-hydrogen) atoms. The fourth-order valence-corrected chi connectivity index (χ4v) is 2.09. The smallest absolute Gasteiger partial charge is 0.261 e. The lowest BCUT2D eigenvalue weighted by atomic mass is 9.92. The van der Waals surface area contributed by atoms with Crippen molar-refractivity contribution in [2.45, 2.75) is 32.2 Å². The Kier molecular flexibility index (Phi) is 6.16. The number of hydrogen-bond donors (Lipinski definition) is 1. The molecule has 0 amide bonds. The molecule has 1 saturated heterocycles. The third kappa shape index (κ3) is 5.18. The number of rotatable bonds is 6. The van der Waals surface area contributed by atoms with Crippen LogP contribution in [0.25, 0.3) is 0 Å². The van der Waals surface area contributed by atoms with E-state index in [1.165, 1.54) is 6.42 Å². The molecule has 1 rings (SSSR count). The Morgan fingerprint density at radius 3 is 2.88 bits per heavy atom. The third-order valence-corrected chi connectivity index (χ3v) is 3.08. The summed E-state index contributed by atoms with van der Waals surface area (Å²) >= 11 is 0. The summed E-state index contributed by atoms with van der Waals surface area (Å²) in [5.41, 5.74) is 5.87. The van der Waals surface area contributed by atoms with Gasteiger partial charge in [-0.05, 0) is 32.2 Å². The Hall–Kier alpha value is -0.260. The largest absolute Gasteiger partial charge is 0.374 e. The molecule has 0 aromatic heterocycles. The zero-order valence-electron chi connectivity index (χ0n) is 9.87. The quantitative estimate of drug-likeness (QED) is 0.707. The van der Waals surface area contributed by atoms with Gasteiger partial charge < -0.3 is 15.4 Å². The van der Waals surface area contributed by atoms with Crippen LogP contribution in [-0.4, -0.2) is 50.2 Å². The second kappa shape index (κ2) is 7.14. The zero-order valence-corrected chi connectivity index (χ0v) is 9.87. The second-order valence-corrected chi connectivity index (χ2v) is 4.53. The summed E-state index contributed by atoms with van der Waals surface area (Å²) in [5.74, 6) is 0.531. The molecule has 2 N–H and O–H groups in total. The van der Waals surface area contributed by atoms with Crippen LogP contribution in [-0.2, 0) is 4.74 Å². The highest BCUT2D eigenvalue weighted by Gasteiger charge is 2.22. The first-order chi connectivity index (χ1) is 7.59. The number of halogens is 2. The Balaban J connectivity index is 2.12. The predicted octanol–water partition coefficient (Wildman–Crippen LogP) is 1.33. The van der Waals surface area contributed by atoms with E-state index in [4.69, 9.17) is 10.5 Å². The molecule has 2 atom stereocenters. The minimum Gasteiger partial charge on any atom is -0.374 e. The minimum atomic E-state index is -2.36. The van der Waals surface area contributed by atoms with Crippen molar-refractivity contribution in [1.82, 2.24) is 4.90 Å². The topological polar surface area (TPSA) is 38.5 Å². The monoisotopic (exact) mass is 236 g/mol. The van der Waals surface area contributed by atoms with Crippen molar-refractivity contribution in [3.05, 3.63) is 0 Å². The molecule has 0 bridgehead atoms. The van der Waals surface area contributed by atoms with Crippen LogP contribution in [0.4, 0.5) is 8.78 Å². The van der Waals surface area contributed by atoms with Crippen LogP contribution >= 0.6 is 0 Å². The molecule has 0 aromatic rings. The van der Waals surface area contributed by atoms with Gasteiger partial charge in [-0.15, -0.1) is 0 Å². The van der Waals surface area contributed by atoms with Crippen molar-refractivity contribution in [3.63, 3.8) is 0 Å². The molecule has 0 aromatic carbocycles. The summed E-state index contributed by atoms with van der Waals surface area (Å²) in [6, 6.07) is 0.213. The van der Waals surface area contributed by atoms with Gasteiger partial charge in [0.1, 0.15) is 6.61 Å². The molecular weight excluding hydrogens is 214 g/mol. The van der Waals surface area contributed by atoms with E-state index in [2.05, 4.69) is 4.90 Å². The molecule has 5 heteroatoms. The first kappa shape index (κ1) is 13.8. The molecule has 1 aliphatic rings. The number of hydrogen-bond acceptors (Lipinski definition) is 3. The van der Waals surface area contributed by atoms with E-state index in [1.54, 1.807) is 0 Å². The lowest BCUT2D eigenvalue weighted by Crippen LogP contribution is -2.43. The Morgan fingerprint density at radius 2 is 2.25 bits per heavy atom. The number of nitrogens with zero attached hydrogens (tertiary/aromatic N) is 1. The van der Waals surface area contributed by atoms with Crippen LogP contribution in [0.2, 0.25) is 0 Å². The summed E-state index contributed by atoms with van der Waals surface area (Å²) in [6.07, 6.45) is -0.0502. The fraction of sp³-hybridized carbons (Fsp3) is 1.00. The van der Waals surface area contributed by atoms with Gasteiger partial charge in [-0.3, -0.25) is 0 Å². The molecule has 96 valence electrons. The molecule has 0 saturated carbocycles. The molecular formula is C11H22F2N2O. The second-order valence-electron chi connectivity index (χ2n) is 4.53. The van der Waals surface area contributed by atoms with Gasteiger partial charge in [0.05, 0.1) is 6.61 Å². The minimum absolute atomic E-state index is 0.213. The molecule has 2 unspecified atom stereocenters. The zero-order chi connectivity index (χ0) is 12.0. The number of alkyl halides is 2. The summed E-state index contributed by atoms with van der Waals surface area (Å²) in [5, 5.41) is 0. The van der Waals surface area contributed by atoms with Gasteiger partial charge in [-0.25, -0.2) is 8.78 Å². The van der Waals surface area contributed by atoms with E-state index >= 15 is 0 Å². The number of ether oxygens (including phenoxy) is 1. The Labute approximate surface area is 95.9 Å². The van der Waals surface area contributed by atoms with Gasteiger partial charge in [0, 0.05) is 19.1 Å². The highest BCUT2D eigenvalue weighted by Crippen LogP contribution is 2.18. The van der Waals surface area contributed by atoms with Crippen LogP contribution in [0.1, 0.15) is 19.8 Å². The fourth-order valence-electron chi connectivity index (χ4n) is 2.09. The van der Waals surface area contributed by atoms with Crippen LogP contribution in [0.5, 0.6) is 0 Å². The summed E-state index contributed by atoms with van der Waals surface area (Å²) < 4.78 is 28.5. The average Bonchev–Trinajstić information content (AvgIpc) is 2.24. The molecule has 1 fully saturated rings. The maximum absolute atomic E-state index is 11.8. The molecule has 3 nitrogen and oxygen atoms in total. The van der Waals surface area contributed by atoms with Gasteiger partial charge in [0.25, 0.3) is 6.43 Å². The summed E-state index contributed by atoms with van der Waals surface area (Å²) in [6.45, 7) is 4.69. The van der Waals surface area contributed by atoms with Gasteiger partial charge in [-0.2, -0.15) is 0 Å². The standard InChI is InChI=1S/C11H22F2N2O/c1-9(14)10-3-2-4-15(7-10)5-6-16-8-11(12)13/h9-11H,2-8,14H2,1H3. The first-order valence-electron chi connectivity index (χ1n) is 5.93. The SMILES string of the molecule is CC(N)C1CCCN(CCOCC(F)F)C1. The van der Waals surface area contributed by atoms with Crippen LogP contribution in [0.15, 0.2) is 0 Å². The maximum atomic E-state index is 11.8. The van der Waals surface area contributed by atoms with Gasteiger partial charge in [0.15, 0.2) is 0 Å². The molecule has 1 aliphatic heterocycles. The van der Waals surface area contributed by atoms with Crippen molar-refractivity contribution in [2.75, 3.05) is 32.8 Å². The molecule has 1 heterocycles. The highest BCUT2D eigenvalue weighted by atomic mass is 19.3. The van der Waals surface area contributed by atoms with E-state index in [-0.39, 0.29) is 6.04 Å². The van der Waals surface area contributed by atoms with Gasteiger partial charge >= 0.3 is 0 Å². The Morgan fingerprint density at radius 1 is 1.50 bits per heavy atom. The van der Waals surface area contributed by atoms with Crippen molar-refractivity contribution in [3.8, 4) is 0 Å². The molecule has 0 radical (unpaired) electrons. The third-order valence-electron chi connectivity index (χ3n) is 3.08. The van der Waals surface area contributed by atoms with Crippen molar-refractivity contribution >= 4 is 0 Å².